The van der Waals surface area contributed by atoms with Crippen molar-refractivity contribution in [1.82, 2.24) is 4.98 Å². The van der Waals surface area contributed by atoms with Gasteiger partial charge in [-0.3, -0.25) is 4.79 Å². The largest absolute Gasteiger partial charge is 0.481 e. The molecular weight excluding hydrogens is 248 g/mol. The Hall–Kier alpha value is -1.10. The molecule has 4 nitrogen and oxygen atoms in total. The summed E-state index contributed by atoms with van der Waals surface area (Å²) in [4.78, 5) is 14.9. The van der Waals surface area contributed by atoms with E-state index in [2.05, 4.69) is 17.2 Å². The predicted molar refractivity (Wildman–Crippen MR) is 73.1 cm³/mol. The monoisotopic (exact) mass is 268 g/mol. The smallest absolute Gasteiger partial charge is 0.309 e. The second kappa shape index (κ2) is 6.18. The van der Waals surface area contributed by atoms with Gasteiger partial charge >= 0.3 is 5.97 Å². The summed E-state index contributed by atoms with van der Waals surface area (Å²) in [6.07, 6.45) is 6.62. The Kier molecular flexibility index (Phi) is 4.58. The van der Waals surface area contributed by atoms with Gasteiger partial charge in [-0.2, -0.15) is 0 Å². The predicted octanol–water partition coefficient (Wildman–Crippen LogP) is 3.15. The Morgan fingerprint density at radius 1 is 1.56 bits per heavy atom. The lowest BCUT2D eigenvalue weighted by atomic mass is 9.85. The first-order valence-corrected chi connectivity index (χ1v) is 7.46. The van der Waals surface area contributed by atoms with Gasteiger partial charge in [-0.1, -0.05) is 19.3 Å². The Balaban J connectivity index is 1.87. The number of nitrogens with one attached hydrogen (secondary N) is 1. The first-order chi connectivity index (χ1) is 8.65. The molecule has 1 unspecified atom stereocenters. The fraction of sp³-hybridized carbons (Fsp3) is 0.692. The van der Waals surface area contributed by atoms with Gasteiger partial charge in [0.25, 0.3) is 0 Å². The lowest BCUT2D eigenvalue weighted by molar-refractivity contribution is -0.136. The topological polar surface area (TPSA) is 62.2 Å². The molecule has 1 aliphatic rings. The van der Waals surface area contributed by atoms with Crippen molar-refractivity contribution in [2.24, 2.45) is 5.92 Å². The molecule has 2 N–H and O–H groups in total. The molecule has 0 radical (unpaired) electrons. The first kappa shape index (κ1) is 13.3. The molecule has 1 aromatic rings. The van der Waals surface area contributed by atoms with Gasteiger partial charge in [-0.15, -0.1) is 11.3 Å². The number of anilines is 1. The van der Waals surface area contributed by atoms with Crippen molar-refractivity contribution in [2.75, 3.05) is 5.32 Å². The van der Waals surface area contributed by atoms with Crippen LogP contribution in [0.3, 0.4) is 0 Å². The zero-order valence-electron chi connectivity index (χ0n) is 10.7. The first-order valence-electron chi connectivity index (χ1n) is 6.58. The fourth-order valence-corrected chi connectivity index (χ4v) is 3.36. The van der Waals surface area contributed by atoms with Gasteiger partial charge in [0, 0.05) is 11.4 Å². The molecule has 1 fully saturated rings. The van der Waals surface area contributed by atoms with E-state index < -0.39 is 5.97 Å². The molecule has 1 heterocycles. The number of carbonyl (C=O) groups is 1. The third kappa shape index (κ3) is 3.70. The maximum atomic E-state index is 10.6. The van der Waals surface area contributed by atoms with Gasteiger partial charge in [0.1, 0.15) is 0 Å². The number of hydrogen-bond donors (Lipinski definition) is 2. The van der Waals surface area contributed by atoms with E-state index >= 15 is 0 Å². The van der Waals surface area contributed by atoms with Crippen LogP contribution in [-0.4, -0.2) is 22.1 Å². The Morgan fingerprint density at radius 3 is 2.94 bits per heavy atom. The molecule has 0 spiro atoms. The summed E-state index contributed by atoms with van der Waals surface area (Å²) in [6.45, 7) is 2.20. The minimum atomic E-state index is -0.827. The van der Waals surface area contributed by atoms with Crippen LogP contribution in [0, 0.1) is 5.92 Å². The highest BCUT2D eigenvalue weighted by atomic mass is 32.1. The summed E-state index contributed by atoms with van der Waals surface area (Å²) in [5.74, 6) is -0.0993. The number of aromatic nitrogens is 1. The van der Waals surface area contributed by atoms with Crippen LogP contribution in [-0.2, 0) is 11.2 Å². The van der Waals surface area contributed by atoms with Gasteiger partial charge in [-0.25, -0.2) is 4.98 Å². The van der Waals surface area contributed by atoms with E-state index in [0.29, 0.717) is 11.7 Å². The van der Waals surface area contributed by atoms with Crippen molar-refractivity contribution < 1.29 is 9.90 Å². The number of carboxylic acid groups (broad SMARTS) is 1. The lowest BCUT2D eigenvalue weighted by Gasteiger charge is -2.28. The van der Waals surface area contributed by atoms with E-state index in [1.807, 2.05) is 5.38 Å². The minimum absolute atomic E-state index is 0.00991. The average molecular weight is 268 g/mol. The van der Waals surface area contributed by atoms with Crippen molar-refractivity contribution >= 4 is 22.4 Å². The molecule has 1 atom stereocenters. The number of nitrogens with zero attached hydrogens (tertiary/aromatic N) is 1. The van der Waals surface area contributed by atoms with E-state index in [9.17, 15) is 4.79 Å². The number of carboxylic acids is 1. The molecule has 0 aromatic carbocycles. The quantitative estimate of drug-likeness (QED) is 0.861. The summed E-state index contributed by atoms with van der Waals surface area (Å²) < 4.78 is 0. The van der Waals surface area contributed by atoms with Crippen LogP contribution in [0.1, 0.15) is 44.7 Å². The highest BCUT2D eigenvalue weighted by molar-refractivity contribution is 7.13. The van der Waals surface area contributed by atoms with Crippen LogP contribution < -0.4 is 5.32 Å². The highest BCUT2D eigenvalue weighted by Gasteiger charge is 2.20. The van der Waals surface area contributed by atoms with Crippen LogP contribution in [0.25, 0.3) is 0 Å². The standard InChI is InChI=1S/C13H20N2O2S/c1-9(10-5-3-2-4-6-10)14-13-15-11(8-18-13)7-12(16)17/h8-10H,2-7H2,1H3,(H,14,15)(H,16,17). The van der Waals surface area contributed by atoms with E-state index in [1.165, 1.54) is 43.4 Å². The zero-order valence-corrected chi connectivity index (χ0v) is 11.5. The third-order valence-electron chi connectivity index (χ3n) is 3.59. The maximum Gasteiger partial charge on any atom is 0.309 e. The van der Waals surface area contributed by atoms with Gasteiger partial charge in [0.15, 0.2) is 5.13 Å². The number of hydrogen-bond acceptors (Lipinski definition) is 4. The number of aliphatic carboxylic acids is 1. The molecule has 0 aliphatic heterocycles. The fourth-order valence-electron chi connectivity index (χ4n) is 2.56. The Morgan fingerprint density at radius 2 is 2.28 bits per heavy atom. The molecular formula is C13H20N2O2S. The Labute approximate surface area is 111 Å². The molecule has 0 bridgehead atoms. The summed E-state index contributed by atoms with van der Waals surface area (Å²) >= 11 is 1.50. The van der Waals surface area contributed by atoms with Crippen molar-refractivity contribution in [3.05, 3.63) is 11.1 Å². The Bertz CT molecular complexity index is 399. The maximum absolute atomic E-state index is 10.6. The molecule has 1 aliphatic carbocycles. The van der Waals surface area contributed by atoms with Crippen molar-refractivity contribution in [2.45, 2.75) is 51.5 Å². The number of rotatable bonds is 5. The van der Waals surface area contributed by atoms with Crippen LogP contribution >= 0.6 is 11.3 Å². The molecule has 1 aromatic heterocycles. The molecule has 0 saturated heterocycles. The van der Waals surface area contributed by atoms with Crippen molar-refractivity contribution in [3.8, 4) is 0 Å². The molecule has 100 valence electrons. The van der Waals surface area contributed by atoms with Crippen LogP contribution in [0.4, 0.5) is 5.13 Å². The summed E-state index contributed by atoms with van der Waals surface area (Å²) in [5, 5.41) is 14.8. The zero-order chi connectivity index (χ0) is 13.0. The third-order valence-corrected chi connectivity index (χ3v) is 4.41. The molecule has 2 rings (SSSR count). The molecule has 18 heavy (non-hydrogen) atoms. The van der Waals surface area contributed by atoms with Gasteiger partial charge in [-0.05, 0) is 25.7 Å². The molecule has 0 amide bonds. The average Bonchev–Trinajstić information content (AvgIpc) is 2.76. The summed E-state index contributed by atoms with van der Waals surface area (Å²) in [7, 11) is 0. The minimum Gasteiger partial charge on any atom is -0.481 e. The van der Waals surface area contributed by atoms with E-state index in [-0.39, 0.29) is 6.42 Å². The van der Waals surface area contributed by atoms with Crippen molar-refractivity contribution in [1.29, 1.82) is 0 Å². The van der Waals surface area contributed by atoms with Crippen LogP contribution in [0.5, 0.6) is 0 Å². The second-order valence-corrected chi connectivity index (χ2v) is 5.90. The normalized spacial score (nSPS) is 18.5. The van der Waals surface area contributed by atoms with E-state index in [0.717, 1.165) is 11.0 Å². The molecule has 5 heteroatoms. The van der Waals surface area contributed by atoms with Crippen LogP contribution in [0.15, 0.2) is 5.38 Å². The highest BCUT2D eigenvalue weighted by Crippen LogP contribution is 2.28. The second-order valence-electron chi connectivity index (χ2n) is 5.05. The van der Waals surface area contributed by atoms with Crippen molar-refractivity contribution in [3.63, 3.8) is 0 Å². The summed E-state index contributed by atoms with van der Waals surface area (Å²) in [6, 6.07) is 0.425. The van der Waals surface area contributed by atoms with Gasteiger partial charge in [0.2, 0.25) is 0 Å². The van der Waals surface area contributed by atoms with Crippen LogP contribution in [0.2, 0.25) is 0 Å². The van der Waals surface area contributed by atoms with E-state index in [4.69, 9.17) is 5.11 Å². The van der Waals surface area contributed by atoms with Gasteiger partial charge < -0.3 is 10.4 Å². The van der Waals surface area contributed by atoms with E-state index in [1.54, 1.807) is 0 Å². The number of thiazole rings is 1. The SMILES string of the molecule is CC(Nc1nc(CC(=O)O)cs1)C1CCCCC1. The lowest BCUT2D eigenvalue weighted by Crippen LogP contribution is -2.27. The van der Waals surface area contributed by atoms with Gasteiger partial charge in [0.05, 0.1) is 12.1 Å². The summed E-state index contributed by atoms with van der Waals surface area (Å²) in [5.41, 5.74) is 0.644. The molecule has 1 saturated carbocycles.